The fourth-order valence-corrected chi connectivity index (χ4v) is 2.15. The van der Waals surface area contributed by atoms with Gasteiger partial charge in [-0.3, -0.25) is 4.79 Å². The Bertz CT molecular complexity index is 567. The number of nitrogens with one attached hydrogen (secondary N) is 1. The molecule has 2 rings (SSSR count). The van der Waals surface area contributed by atoms with E-state index < -0.39 is 0 Å². The number of carbonyl (C=O) groups is 1. The maximum Gasteiger partial charge on any atom is 0.252 e. The van der Waals surface area contributed by atoms with Crippen LogP contribution in [0.2, 0.25) is 0 Å². The molecule has 0 fully saturated rings. The molecule has 2 N–H and O–H groups in total. The summed E-state index contributed by atoms with van der Waals surface area (Å²) in [6, 6.07) is 14.8. The van der Waals surface area contributed by atoms with E-state index in [-0.39, 0.29) is 12.5 Å². The molecule has 1 amide bonds. The van der Waals surface area contributed by atoms with Crippen molar-refractivity contribution >= 4 is 21.8 Å². The van der Waals surface area contributed by atoms with Gasteiger partial charge in [0.2, 0.25) is 0 Å². The first-order chi connectivity index (χ1) is 9.20. The number of rotatable bonds is 4. The molecule has 0 spiro atoms. The second kappa shape index (κ2) is 6.50. The lowest BCUT2D eigenvalue weighted by Gasteiger charge is -2.07. The summed E-state index contributed by atoms with van der Waals surface area (Å²) in [4.78, 5) is 12.0. The molecule has 0 unspecified atom stereocenters. The Morgan fingerprint density at radius 2 is 1.68 bits per heavy atom. The van der Waals surface area contributed by atoms with Gasteiger partial charge >= 0.3 is 0 Å². The third-order valence-corrected chi connectivity index (χ3v) is 3.47. The first-order valence-corrected chi connectivity index (χ1v) is 6.71. The first-order valence-electron chi connectivity index (χ1n) is 5.92. The zero-order valence-corrected chi connectivity index (χ0v) is 11.9. The van der Waals surface area contributed by atoms with Gasteiger partial charge in [-0.25, -0.2) is 0 Å². The highest BCUT2D eigenvalue weighted by atomic mass is 79.9. The molecule has 0 aliphatic heterocycles. The fourth-order valence-electron chi connectivity index (χ4n) is 1.69. The zero-order valence-electron chi connectivity index (χ0n) is 10.3. The molecule has 0 aliphatic carbocycles. The van der Waals surface area contributed by atoms with E-state index in [1.807, 2.05) is 42.5 Å². The van der Waals surface area contributed by atoms with E-state index in [0.717, 1.165) is 15.6 Å². The van der Waals surface area contributed by atoms with E-state index in [2.05, 4.69) is 21.2 Å². The average molecular weight is 320 g/mol. The van der Waals surface area contributed by atoms with Crippen LogP contribution >= 0.6 is 15.9 Å². The van der Waals surface area contributed by atoms with Crippen molar-refractivity contribution < 1.29 is 9.90 Å². The minimum atomic E-state index is -0.112. The average Bonchev–Trinajstić information content (AvgIpc) is 2.46. The van der Waals surface area contributed by atoms with Crippen LogP contribution in [0.3, 0.4) is 0 Å². The summed E-state index contributed by atoms with van der Waals surface area (Å²) in [6.07, 6.45) is 0. The molecular formula is C15H14BrNO2. The number of halogens is 1. The second-order valence-corrected chi connectivity index (χ2v) is 4.99. The van der Waals surface area contributed by atoms with Gasteiger partial charge in [0.15, 0.2) is 0 Å². The monoisotopic (exact) mass is 319 g/mol. The fraction of sp³-hybridized carbons (Fsp3) is 0.133. The summed E-state index contributed by atoms with van der Waals surface area (Å²) in [5.41, 5.74) is 2.48. The predicted molar refractivity (Wildman–Crippen MR) is 77.7 cm³/mol. The van der Waals surface area contributed by atoms with E-state index in [1.54, 1.807) is 6.07 Å². The van der Waals surface area contributed by atoms with Gasteiger partial charge in [0.1, 0.15) is 0 Å². The minimum Gasteiger partial charge on any atom is -0.392 e. The molecule has 0 saturated carbocycles. The van der Waals surface area contributed by atoms with Gasteiger partial charge in [-0.05, 0) is 39.2 Å². The van der Waals surface area contributed by atoms with Crippen LogP contribution in [0.25, 0.3) is 0 Å². The Morgan fingerprint density at radius 1 is 1.05 bits per heavy atom. The van der Waals surface area contributed by atoms with Crippen molar-refractivity contribution in [2.75, 3.05) is 0 Å². The number of benzene rings is 2. The van der Waals surface area contributed by atoms with Crippen LogP contribution in [-0.4, -0.2) is 11.0 Å². The maximum atomic E-state index is 12.0. The molecule has 0 bridgehead atoms. The van der Waals surface area contributed by atoms with E-state index >= 15 is 0 Å². The Balaban J connectivity index is 1.98. The quantitative estimate of drug-likeness (QED) is 0.910. The van der Waals surface area contributed by atoms with E-state index in [4.69, 9.17) is 5.11 Å². The van der Waals surface area contributed by atoms with Crippen molar-refractivity contribution in [3.8, 4) is 0 Å². The first kappa shape index (κ1) is 13.8. The maximum absolute atomic E-state index is 12.0. The summed E-state index contributed by atoms with van der Waals surface area (Å²) in [6.45, 7) is 0.496. The van der Waals surface area contributed by atoms with Gasteiger partial charge in [0.05, 0.1) is 12.2 Å². The summed E-state index contributed by atoms with van der Waals surface area (Å²) in [5, 5.41) is 11.8. The smallest absolute Gasteiger partial charge is 0.252 e. The molecule has 0 atom stereocenters. The Hall–Kier alpha value is -1.65. The lowest BCUT2D eigenvalue weighted by molar-refractivity contribution is 0.0950. The van der Waals surface area contributed by atoms with Crippen LogP contribution in [-0.2, 0) is 13.2 Å². The minimum absolute atomic E-state index is 0.0314. The molecule has 2 aromatic rings. The highest BCUT2D eigenvalue weighted by Gasteiger charge is 2.08. The zero-order chi connectivity index (χ0) is 13.7. The van der Waals surface area contributed by atoms with E-state index in [9.17, 15) is 4.79 Å². The van der Waals surface area contributed by atoms with Crippen molar-refractivity contribution in [2.45, 2.75) is 13.2 Å². The lowest BCUT2D eigenvalue weighted by Crippen LogP contribution is -2.23. The van der Waals surface area contributed by atoms with Gasteiger partial charge < -0.3 is 10.4 Å². The molecule has 0 saturated heterocycles. The van der Waals surface area contributed by atoms with Gasteiger partial charge in [-0.15, -0.1) is 0 Å². The third-order valence-electron chi connectivity index (χ3n) is 2.78. The Labute approximate surface area is 120 Å². The molecule has 98 valence electrons. The summed E-state index contributed by atoms with van der Waals surface area (Å²) >= 11 is 3.35. The Morgan fingerprint density at radius 3 is 2.32 bits per heavy atom. The SMILES string of the molecule is O=C(NCc1ccc(CO)cc1)c1ccccc1Br. The molecule has 4 heteroatoms. The highest BCUT2D eigenvalue weighted by Crippen LogP contribution is 2.15. The van der Waals surface area contributed by atoms with Crippen LogP contribution in [0.5, 0.6) is 0 Å². The molecule has 2 aromatic carbocycles. The molecule has 0 radical (unpaired) electrons. The van der Waals surface area contributed by atoms with Gasteiger partial charge in [0.25, 0.3) is 5.91 Å². The summed E-state index contributed by atoms with van der Waals surface area (Å²) in [5.74, 6) is -0.112. The molecular weight excluding hydrogens is 306 g/mol. The van der Waals surface area contributed by atoms with Crippen molar-refractivity contribution in [3.05, 3.63) is 69.7 Å². The number of carbonyl (C=O) groups excluding carboxylic acids is 1. The summed E-state index contributed by atoms with van der Waals surface area (Å²) in [7, 11) is 0. The largest absolute Gasteiger partial charge is 0.392 e. The number of hydrogen-bond acceptors (Lipinski definition) is 2. The molecule has 0 aliphatic rings. The normalized spacial score (nSPS) is 10.2. The predicted octanol–water partition coefficient (Wildman–Crippen LogP) is 2.87. The summed E-state index contributed by atoms with van der Waals surface area (Å²) < 4.78 is 0.781. The standard InChI is InChI=1S/C15H14BrNO2/c16-14-4-2-1-3-13(14)15(19)17-9-11-5-7-12(10-18)8-6-11/h1-8,18H,9-10H2,(H,17,19). The van der Waals surface area contributed by atoms with E-state index in [0.29, 0.717) is 12.1 Å². The van der Waals surface area contributed by atoms with Crippen molar-refractivity contribution in [2.24, 2.45) is 0 Å². The molecule has 3 nitrogen and oxygen atoms in total. The van der Waals surface area contributed by atoms with Crippen LogP contribution in [0.1, 0.15) is 21.5 Å². The Kier molecular flexibility index (Phi) is 4.71. The topological polar surface area (TPSA) is 49.3 Å². The molecule has 19 heavy (non-hydrogen) atoms. The highest BCUT2D eigenvalue weighted by molar-refractivity contribution is 9.10. The number of aliphatic hydroxyl groups excluding tert-OH is 1. The van der Waals surface area contributed by atoms with Crippen LogP contribution < -0.4 is 5.32 Å². The second-order valence-electron chi connectivity index (χ2n) is 4.14. The lowest BCUT2D eigenvalue weighted by atomic mass is 10.1. The van der Waals surface area contributed by atoms with Crippen molar-refractivity contribution in [1.82, 2.24) is 5.32 Å². The van der Waals surface area contributed by atoms with Crippen LogP contribution in [0, 0.1) is 0 Å². The van der Waals surface area contributed by atoms with Crippen LogP contribution in [0.4, 0.5) is 0 Å². The number of hydrogen-bond donors (Lipinski definition) is 2. The molecule has 0 aromatic heterocycles. The van der Waals surface area contributed by atoms with Crippen LogP contribution in [0.15, 0.2) is 53.0 Å². The number of amides is 1. The van der Waals surface area contributed by atoms with Crippen molar-refractivity contribution in [3.63, 3.8) is 0 Å². The number of aliphatic hydroxyl groups is 1. The third kappa shape index (κ3) is 3.66. The van der Waals surface area contributed by atoms with E-state index in [1.165, 1.54) is 0 Å². The van der Waals surface area contributed by atoms with Crippen molar-refractivity contribution in [1.29, 1.82) is 0 Å². The molecule has 0 heterocycles. The van der Waals surface area contributed by atoms with Gasteiger partial charge in [0, 0.05) is 11.0 Å². The van der Waals surface area contributed by atoms with Gasteiger partial charge in [-0.2, -0.15) is 0 Å². The van der Waals surface area contributed by atoms with Gasteiger partial charge in [-0.1, -0.05) is 36.4 Å².